The number of carbonyl (C=O) groups excluding carboxylic acids is 2. The van der Waals surface area contributed by atoms with E-state index in [0.717, 1.165) is 6.07 Å². The van der Waals surface area contributed by atoms with Gasteiger partial charge in [0, 0.05) is 38.3 Å². The second-order valence-corrected chi connectivity index (χ2v) is 12.7. The molecule has 4 aliphatic heterocycles. The van der Waals surface area contributed by atoms with Gasteiger partial charge >= 0.3 is 0 Å². The molecule has 268 valence electrons. The number of aromatic nitrogens is 6. The van der Waals surface area contributed by atoms with Crippen LogP contribution < -0.4 is 20.4 Å². The number of pyridine rings is 1. The van der Waals surface area contributed by atoms with Crippen molar-refractivity contribution >= 4 is 46.4 Å². The molecule has 0 aromatic carbocycles. The number of morpholine rings is 1. The van der Waals surface area contributed by atoms with Crippen molar-refractivity contribution in [2.45, 2.75) is 38.5 Å². The second-order valence-electron chi connectivity index (χ2n) is 12.7. The fourth-order valence-corrected chi connectivity index (χ4v) is 6.59. The summed E-state index contributed by atoms with van der Waals surface area (Å²) in [7, 11) is 0. The van der Waals surface area contributed by atoms with E-state index in [1.165, 1.54) is 37.9 Å². The molecule has 16 nitrogen and oxygen atoms in total. The first-order valence-corrected chi connectivity index (χ1v) is 16.5. The van der Waals surface area contributed by atoms with E-state index in [-0.39, 0.29) is 59.3 Å². The van der Waals surface area contributed by atoms with Gasteiger partial charge in [-0.15, -0.1) is 10.2 Å². The minimum Gasteiger partial charge on any atom is -0.375 e. The maximum Gasteiger partial charge on any atom is 0.277 e. The SMILES string of the molecule is CC1=C(C(=O)Nc2cccnn2)N2N=C(N3CCC(F)(F)C3)C=CC2N1c1ncc(NC(=O)c2cnc3ccc(N4CCO[C@H](C)C4)nn23)cc1F. The van der Waals surface area contributed by atoms with E-state index in [1.54, 1.807) is 37.3 Å². The molecule has 0 bridgehead atoms. The molecule has 2 atom stereocenters. The Morgan fingerprint density at radius 2 is 1.92 bits per heavy atom. The van der Waals surface area contributed by atoms with Crippen molar-refractivity contribution in [1.82, 2.24) is 39.7 Å². The zero-order valence-corrected chi connectivity index (χ0v) is 27.9. The maximum absolute atomic E-state index is 16.0. The highest BCUT2D eigenvalue weighted by Gasteiger charge is 2.45. The maximum atomic E-state index is 16.0. The van der Waals surface area contributed by atoms with Crippen LogP contribution in [0.4, 0.5) is 36.3 Å². The van der Waals surface area contributed by atoms with Crippen LogP contribution in [-0.2, 0) is 9.53 Å². The van der Waals surface area contributed by atoms with E-state index < -0.39 is 36.3 Å². The van der Waals surface area contributed by atoms with Crippen LogP contribution in [0.3, 0.4) is 0 Å². The first kappa shape index (κ1) is 33.1. The van der Waals surface area contributed by atoms with Gasteiger partial charge in [-0.3, -0.25) is 14.5 Å². The predicted octanol–water partition coefficient (Wildman–Crippen LogP) is 3.07. The Kier molecular flexibility index (Phi) is 8.20. The highest BCUT2D eigenvalue weighted by atomic mass is 19.3. The molecular formula is C33H32F3N13O3. The van der Waals surface area contributed by atoms with Crippen LogP contribution >= 0.6 is 0 Å². The molecule has 19 heteroatoms. The Hall–Kier alpha value is -6.11. The van der Waals surface area contributed by atoms with Crippen LogP contribution in [-0.4, -0.2) is 108 Å². The number of amidine groups is 1. The second kappa shape index (κ2) is 12.9. The van der Waals surface area contributed by atoms with Gasteiger partial charge in [-0.25, -0.2) is 32.7 Å². The number of hydrazone groups is 1. The summed E-state index contributed by atoms with van der Waals surface area (Å²) in [6, 6.07) is 7.84. The van der Waals surface area contributed by atoms with Gasteiger partial charge in [0.05, 0.1) is 43.0 Å². The fourth-order valence-electron chi connectivity index (χ4n) is 6.59. The lowest BCUT2D eigenvalue weighted by Gasteiger charge is -2.33. The molecule has 0 radical (unpaired) electrons. The van der Waals surface area contributed by atoms with E-state index in [2.05, 4.69) is 45.9 Å². The molecule has 2 N–H and O–H groups in total. The molecular weight excluding hydrogens is 683 g/mol. The summed E-state index contributed by atoms with van der Waals surface area (Å²) in [5.41, 5.74) is 0.949. The van der Waals surface area contributed by atoms with Gasteiger partial charge in [0.1, 0.15) is 23.5 Å². The van der Waals surface area contributed by atoms with E-state index >= 15 is 4.39 Å². The van der Waals surface area contributed by atoms with Crippen molar-refractivity contribution in [3.8, 4) is 0 Å². The zero-order valence-electron chi connectivity index (χ0n) is 27.9. The molecule has 4 aliphatic rings. The van der Waals surface area contributed by atoms with Gasteiger partial charge in [-0.1, -0.05) is 0 Å². The van der Waals surface area contributed by atoms with E-state index in [4.69, 9.17) is 4.74 Å². The largest absolute Gasteiger partial charge is 0.375 e. The van der Waals surface area contributed by atoms with Gasteiger partial charge in [0.15, 0.2) is 28.8 Å². The first-order valence-electron chi connectivity index (χ1n) is 16.5. The van der Waals surface area contributed by atoms with E-state index in [1.807, 2.05) is 13.0 Å². The number of amides is 2. The number of halogens is 3. The summed E-state index contributed by atoms with van der Waals surface area (Å²) in [4.78, 5) is 40.7. The van der Waals surface area contributed by atoms with Gasteiger partial charge in [0.25, 0.3) is 17.7 Å². The van der Waals surface area contributed by atoms with Crippen LogP contribution in [0, 0.1) is 5.82 Å². The van der Waals surface area contributed by atoms with Crippen LogP contribution in [0.1, 0.15) is 30.8 Å². The van der Waals surface area contributed by atoms with Crippen molar-refractivity contribution in [3.63, 3.8) is 0 Å². The van der Waals surface area contributed by atoms with Crippen LogP contribution in [0.25, 0.3) is 5.65 Å². The van der Waals surface area contributed by atoms with E-state index in [9.17, 15) is 18.4 Å². The molecule has 52 heavy (non-hydrogen) atoms. The summed E-state index contributed by atoms with van der Waals surface area (Å²) in [5.74, 6) is -4.01. The standard InChI is InChI=1S/C33H32F3N13O3/c1-19-17-45(12-13-52-19)26-6-5-25-37-16-23(48(25)43-26)31(50)40-21-14-22(34)30(38-15-21)47-20(2)29(32(51)41-24-4-3-10-39-42-24)49-28(47)8-7-27(44-49)46-11-9-33(35,36)18-46/h3-8,10,14-16,19,28H,9,11-13,17-18H2,1-2H3,(H,40,50)(H,41,42,51)/t19-,28?/m1/s1. The molecule has 0 spiro atoms. The van der Waals surface area contributed by atoms with Crippen LogP contribution in [0.5, 0.6) is 0 Å². The number of hydrogen-bond acceptors (Lipinski definition) is 13. The smallest absolute Gasteiger partial charge is 0.277 e. The molecule has 2 amide bonds. The third kappa shape index (κ3) is 6.12. The molecule has 0 saturated carbocycles. The number of hydrogen-bond donors (Lipinski definition) is 2. The highest BCUT2D eigenvalue weighted by Crippen LogP contribution is 2.38. The lowest BCUT2D eigenvalue weighted by atomic mass is 10.2. The number of nitrogens with one attached hydrogen (secondary N) is 2. The van der Waals surface area contributed by atoms with E-state index in [0.29, 0.717) is 31.2 Å². The summed E-state index contributed by atoms with van der Waals surface area (Å²) >= 11 is 0. The Labute approximate surface area is 294 Å². The number of ether oxygens (including phenoxy) is 1. The molecule has 2 fully saturated rings. The number of rotatable bonds is 6. The molecule has 8 rings (SSSR count). The topological polar surface area (TPSA) is 162 Å². The van der Waals surface area contributed by atoms with Crippen molar-refractivity contribution < 1.29 is 27.5 Å². The molecule has 0 aliphatic carbocycles. The molecule has 1 unspecified atom stereocenters. The number of alkyl halides is 2. The predicted molar refractivity (Wildman–Crippen MR) is 182 cm³/mol. The van der Waals surface area contributed by atoms with Crippen LogP contribution in [0.15, 0.2) is 77.6 Å². The molecule has 4 aromatic rings. The minimum absolute atomic E-state index is 0.0213. The fraction of sp³-hybridized carbons (Fsp3) is 0.333. The Morgan fingerprint density at radius 1 is 1.06 bits per heavy atom. The third-order valence-electron chi connectivity index (χ3n) is 9.05. The number of carbonyl (C=O) groups is 2. The Morgan fingerprint density at radius 3 is 2.67 bits per heavy atom. The average Bonchev–Trinajstić information content (AvgIpc) is 3.80. The normalized spacial score (nSPS) is 21.1. The van der Waals surface area contributed by atoms with Gasteiger partial charge in [-0.05, 0) is 50.3 Å². The monoisotopic (exact) mass is 715 g/mol. The van der Waals surface area contributed by atoms with Crippen LogP contribution in [0.2, 0.25) is 0 Å². The number of likely N-dealkylation sites (tertiary alicyclic amines) is 1. The van der Waals surface area contributed by atoms with Gasteiger partial charge in [-0.2, -0.15) is 10.2 Å². The highest BCUT2D eigenvalue weighted by molar-refractivity contribution is 6.05. The number of imidazole rings is 1. The summed E-state index contributed by atoms with van der Waals surface area (Å²) in [5, 5.41) is 23.6. The Balaban J connectivity index is 1.06. The number of nitrogens with zero attached hydrogens (tertiary/aromatic N) is 11. The summed E-state index contributed by atoms with van der Waals surface area (Å²) in [6.45, 7) is 4.97. The molecule has 4 aromatic heterocycles. The van der Waals surface area contributed by atoms with Crippen molar-refractivity contribution in [3.05, 3.63) is 84.0 Å². The number of anilines is 4. The first-order chi connectivity index (χ1) is 25.0. The van der Waals surface area contributed by atoms with Crippen molar-refractivity contribution in [2.24, 2.45) is 5.10 Å². The summed E-state index contributed by atoms with van der Waals surface area (Å²) < 4.78 is 51.3. The summed E-state index contributed by atoms with van der Waals surface area (Å²) in [6.07, 6.45) is 6.15. The Bertz CT molecular complexity index is 2160. The number of allylic oxidation sites excluding steroid dienone is 1. The van der Waals surface area contributed by atoms with Crippen molar-refractivity contribution in [1.29, 1.82) is 0 Å². The van der Waals surface area contributed by atoms with Gasteiger partial charge in [0.2, 0.25) is 0 Å². The number of fused-ring (bicyclic) bond motifs is 2. The lowest BCUT2D eigenvalue weighted by Crippen LogP contribution is -2.43. The van der Waals surface area contributed by atoms with Crippen molar-refractivity contribution in [2.75, 3.05) is 53.2 Å². The quantitative estimate of drug-likeness (QED) is 0.301. The molecule has 2 saturated heterocycles. The minimum atomic E-state index is -2.88. The third-order valence-corrected chi connectivity index (χ3v) is 9.05. The average molecular weight is 716 g/mol. The van der Waals surface area contributed by atoms with Gasteiger partial charge < -0.3 is 25.2 Å². The molecule has 8 heterocycles. The lowest BCUT2D eigenvalue weighted by molar-refractivity contribution is -0.114. The zero-order chi connectivity index (χ0) is 36.1.